The summed E-state index contributed by atoms with van der Waals surface area (Å²) < 4.78 is 7.38. The molecule has 10 heteroatoms. The topological polar surface area (TPSA) is 125 Å². The summed E-state index contributed by atoms with van der Waals surface area (Å²) in [6.45, 7) is 5.77. The minimum Gasteiger partial charge on any atom is -0.354 e. The molecule has 0 aliphatic carbocycles. The van der Waals surface area contributed by atoms with Crippen molar-refractivity contribution in [3.05, 3.63) is 57.1 Å². The summed E-state index contributed by atoms with van der Waals surface area (Å²) in [4.78, 5) is 41.5. The lowest BCUT2D eigenvalue weighted by Crippen LogP contribution is -2.41. The molecular formula is C20H24N6O4. The minimum atomic E-state index is -0.600. The van der Waals surface area contributed by atoms with Crippen molar-refractivity contribution >= 4 is 5.91 Å². The number of nitrogens with zero attached hydrogens (tertiary/aromatic N) is 5. The third-order valence-electron chi connectivity index (χ3n) is 4.64. The Labute approximate surface area is 172 Å². The molecule has 2 aromatic heterocycles. The Kier molecular flexibility index (Phi) is 6.55. The first-order valence-corrected chi connectivity index (χ1v) is 9.86. The molecule has 1 N–H and O–H groups in total. The molecule has 0 saturated heterocycles. The van der Waals surface area contributed by atoms with Crippen molar-refractivity contribution in [2.45, 2.75) is 52.6 Å². The molecule has 10 nitrogen and oxygen atoms in total. The zero-order valence-electron chi connectivity index (χ0n) is 17.2. The highest BCUT2D eigenvalue weighted by Crippen LogP contribution is 2.11. The Morgan fingerprint density at radius 1 is 1.20 bits per heavy atom. The quantitative estimate of drug-likeness (QED) is 0.591. The summed E-state index contributed by atoms with van der Waals surface area (Å²) in [6.07, 6.45) is 1.25. The van der Waals surface area contributed by atoms with E-state index >= 15 is 0 Å². The summed E-state index contributed by atoms with van der Waals surface area (Å²) in [5, 5.41) is 10.9. The third kappa shape index (κ3) is 4.53. The molecule has 2 heterocycles. The van der Waals surface area contributed by atoms with Gasteiger partial charge in [-0.2, -0.15) is 14.8 Å². The van der Waals surface area contributed by atoms with Gasteiger partial charge in [0.05, 0.1) is 5.69 Å². The van der Waals surface area contributed by atoms with E-state index in [1.165, 1.54) is 0 Å². The summed E-state index contributed by atoms with van der Waals surface area (Å²) in [5.41, 5.74) is -0.741. The van der Waals surface area contributed by atoms with Gasteiger partial charge in [0.2, 0.25) is 17.6 Å². The number of aromatic nitrogens is 5. The highest BCUT2D eigenvalue weighted by Gasteiger charge is 2.20. The lowest BCUT2D eigenvalue weighted by molar-refractivity contribution is -0.121. The summed E-state index contributed by atoms with van der Waals surface area (Å²) in [7, 11) is 0. The second-order valence-electron chi connectivity index (χ2n) is 6.82. The predicted molar refractivity (Wildman–Crippen MR) is 109 cm³/mol. The van der Waals surface area contributed by atoms with Crippen molar-refractivity contribution < 1.29 is 9.32 Å². The molecule has 1 unspecified atom stereocenters. The van der Waals surface area contributed by atoms with Crippen LogP contribution in [0.25, 0.3) is 17.2 Å². The van der Waals surface area contributed by atoms with E-state index in [1.54, 1.807) is 31.2 Å². The molecule has 0 aliphatic rings. The Bertz CT molecular complexity index is 1130. The number of carbonyl (C=O) groups excluding carboxylic acids is 1. The average Bonchev–Trinajstić information content (AvgIpc) is 3.22. The van der Waals surface area contributed by atoms with Crippen LogP contribution in [0.5, 0.6) is 0 Å². The average molecular weight is 412 g/mol. The lowest BCUT2D eigenvalue weighted by Gasteiger charge is -2.10. The van der Waals surface area contributed by atoms with E-state index in [9.17, 15) is 14.4 Å². The van der Waals surface area contributed by atoms with Crippen molar-refractivity contribution in [2.24, 2.45) is 0 Å². The van der Waals surface area contributed by atoms with Gasteiger partial charge in [0.15, 0.2) is 5.69 Å². The number of aryl methyl sites for hydroxylation is 1. The number of benzene rings is 1. The van der Waals surface area contributed by atoms with Gasteiger partial charge in [0, 0.05) is 25.4 Å². The zero-order valence-corrected chi connectivity index (χ0v) is 17.2. The second-order valence-corrected chi connectivity index (χ2v) is 6.82. The predicted octanol–water partition coefficient (Wildman–Crippen LogP) is 1.31. The van der Waals surface area contributed by atoms with Crippen molar-refractivity contribution in [1.29, 1.82) is 0 Å². The SMILES string of the molecule is CCC(C)NC(=O)CCc1nc(-c2nn(-c3ccccc3)c(=O)n(CC)c2=O)no1. The minimum absolute atomic E-state index is 0.0239. The van der Waals surface area contributed by atoms with Crippen LogP contribution in [0.3, 0.4) is 0 Å². The van der Waals surface area contributed by atoms with Crippen LogP contribution in [0.15, 0.2) is 44.4 Å². The summed E-state index contributed by atoms with van der Waals surface area (Å²) in [5.74, 6) is 0.0726. The number of nitrogens with one attached hydrogen (secondary N) is 1. The molecule has 3 aromatic rings. The molecule has 0 radical (unpaired) electrons. The molecule has 0 aliphatic heterocycles. The van der Waals surface area contributed by atoms with E-state index in [1.807, 2.05) is 19.9 Å². The number of rotatable bonds is 8. The number of carbonyl (C=O) groups is 1. The standard InChI is InChI=1S/C20H24N6O4/c1-4-13(3)21-15(27)11-12-16-22-18(24-30-16)17-19(28)25(5-2)20(29)26(23-17)14-9-7-6-8-10-14/h6-10,13H,4-5,11-12H2,1-3H3,(H,21,27). The lowest BCUT2D eigenvalue weighted by atomic mass is 10.2. The zero-order chi connectivity index (χ0) is 21.7. The molecule has 0 fully saturated rings. The number of para-hydroxylation sites is 1. The molecule has 1 amide bonds. The second kappa shape index (κ2) is 9.29. The van der Waals surface area contributed by atoms with Gasteiger partial charge in [0.25, 0.3) is 5.56 Å². The Morgan fingerprint density at radius 2 is 1.93 bits per heavy atom. The van der Waals surface area contributed by atoms with E-state index in [0.717, 1.165) is 15.7 Å². The van der Waals surface area contributed by atoms with E-state index in [0.29, 0.717) is 5.69 Å². The van der Waals surface area contributed by atoms with Crippen LogP contribution in [0, 0.1) is 0 Å². The van der Waals surface area contributed by atoms with Gasteiger partial charge in [-0.15, -0.1) is 0 Å². The molecule has 30 heavy (non-hydrogen) atoms. The Balaban J connectivity index is 1.90. The van der Waals surface area contributed by atoms with Crippen LogP contribution in [0.2, 0.25) is 0 Å². The molecule has 0 bridgehead atoms. The smallest absolute Gasteiger partial charge is 0.352 e. The van der Waals surface area contributed by atoms with Crippen molar-refractivity contribution in [1.82, 2.24) is 29.8 Å². The molecule has 3 rings (SSSR count). The molecule has 158 valence electrons. The van der Waals surface area contributed by atoms with Crippen LogP contribution in [-0.4, -0.2) is 36.4 Å². The first-order valence-electron chi connectivity index (χ1n) is 9.86. The summed E-state index contributed by atoms with van der Waals surface area (Å²) >= 11 is 0. The van der Waals surface area contributed by atoms with Crippen LogP contribution in [0.1, 0.15) is 39.5 Å². The number of hydrogen-bond acceptors (Lipinski definition) is 7. The summed E-state index contributed by atoms with van der Waals surface area (Å²) in [6, 6.07) is 8.85. The monoisotopic (exact) mass is 412 g/mol. The Morgan fingerprint density at radius 3 is 2.60 bits per heavy atom. The first-order chi connectivity index (χ1) is 14.4. The molecule has 0 spiro atoms. The van der Waals surface area contributed by atoms with E-state index in [4.69, 9.17) is 4.52 Å². The third-order valence-corrected chi connectivity index (χ3v) is 4.64. The van der Waals surface area contributed by atoms with E-state index in [-0.39, 0.29) is 48.7 Å². The molecule has 0 saturated carbocycles. The fourth-order valence-electron chi connectivity index (χ4n) is 2.79. The van der Waals surface area contributed by atoms with Gasteiger partial charge in [-0.05, 0) is 32.4 Å². The van der Waals surface area contributed by atoms with E-state index < -0.39 is 11.2 Å². The normalized spacial score (nSPS) is 12.0. The van der Waals surface area contributed by atoms with Gasteiger partial charge in [-0.1, -0.05) is 30.3 Å². The number of amides is 1. The molecule has 1 atom stereocenters. The molecular weight excluding hydrogens is 388 g/mol. The van der Waals surface area contributed by atoms with Gasteiger partial charge in [-0.3, -0.25) is 14.2 Å². The first kappa shape index (κ1) is 21.2. The van der Waals surface area contributed by atoms with Crippen LogP contribution in [0.4, 0.5) is 0 Å². The highest BCUT2D eigenvalue weighted by molar-refractivity contribution is 5.76. The van der Waals surface area contributed by atoms with Crippen LogP contribution < -0.4 is 16.6 Å². The maximum atomic E-state index is 12.7. The number of hydrogen-bond donors (Lipinski definition) is 1. The van der Waals surface area contributed by atoms with Gasteiger partial charge < -0.3 is 9.84 Å². The van der Waals surface area contributed by atoms with Crippen molar-refractivity contribution in [2.75, 3.05) is 0 Å². The molecule has 1 aromatic carbocycles. The fourth-order valence-corrected chi connectivity index (χ4v) is 2.79. The largest absolute Gasteiger partial charge is 0.354 e. The fraction of sp³-hybridized carbons (Fsp3) is 0.400. The van der Waals surface area contributed by atoms with Crippen molar-refractivity contribution in [3.8, 4) is 17.2 Å². The Hall–Kier alpha value is -3.56. The van der Waals surface area contributed by atoms with Crippen LogP contribution in [-0.2, 0) is 17.8 Å². The van der Waals surface area contributed by atoms with Gasteiger partial charge >= 0.3 is 5.69 Å². The van der Waals surface area contributed by atoms with Crippen LogP contribution >= 0.6 is 0 Å². The van der Waals surface area contributed by atoms with E-state index in [2.05, 4.69) is 20.6 Å². The van der Waals surface area contributed by atoms with Gasteiger partial charge in [0.1, 0.15) is 0 Å². The highest BCUT2D eigenvalue weighted by atomic mass is 16.5. The maximum Gasteiger partial charge on any atom is 0.352 e. The van der Waals surface area contributed by atoms with Crippen molar-refractivity contribution in [3.63, 3.8) is 0 Å². The maximum absolute atomic E-state index is 12.7. The van der Waals surface area contributed by atoms with Gasteiger partial charge in [-0.25, -0.2) is 4.79 Å².